The average Bonchev–Trinajstić information content (AvgIpc) is 2.99. The first kappa shape index (κ1) is 35.4. The molecule has 230 valence electrons. The van der Waals surface area contributed by atoms with E-state index in [0.717, 1.165) is 5.56 Å². The zero-order valence-corrected chi connectivity index (χ0v) is 24.4. The number of rotatable bonds is 15. The lowest BCUT2D eigenvalue weighted by molar-refractivity contribution is -0.133. The molecule has 0 saturated heterocycles. The molecule has 0 fully saturated rings. The van der Waals surface area contributed by atoms with E-state index < -0.39 is 36.0 Å². The number of anilines is 1. The van der Waals surface area contributed by atoms with Gasteiger partial charge in [-0.1, -0.05) is 62.4 Å². The zero-order chi connectivity index (χ0) is 31.3. The number of amides is 4. The van der Waals surface area contributed by atoms with Crippen molar-refractivity contribution in [1.29, 1.82) is 0 Å². The molecule has 0 unspecified atom stereocenters. The van der Waals surface area contributed by atoms with Gasteiger partial charge in [0, 0.05) is 6.54 Å². The van der Waals surface area contributed by atoms with Gasteiger partial charge in [0.05, 0.1) is 11.7 Å². The van der Waals surface area contributed by atoms with Crippen molar-refractivity contribution in [3.63, 3.8) is 0 Å². The Labute approximate surface area is 246 Å². The second-order valence-corrected chi connectivity index (χ2v) is 9.52. The summed E-state index contributed by atoms with van der Waals surface area (Å²) in [5.41, 5.74) is 6.99. The molecule has 4 amide bonds. The molecule has 2 rings (SSSR count). The summed E-state index contributed by atoms with van der Waals surface area (Å²) in [5.74, 6) is -1.48. The predicted octanol–water partition coefficient (Wildman–Crippen LogP) is 1.77. The highest BCUT2D eigenvalue weighted by Crippen LogP contribution is 2.07. The minimum Gasteiger partial charge on any atom is -0.483 e. The molecule has 3 atom stereocenters. The van der Waals surface area contributed by atoms with Crippen LogP contribution in [-0.4, -0.2) is 67.1 Å². The van der Waals surface area contributed by atoms with Crippen molar-refractivity contribution >= 4 is 36.0 Å². The van der Waals surface area contributed by atoms with Crippen LogP contribution in [0.5, 0.6) is 0 Å². The first-order valence-electron chi connectivity index (χ1n) is 13.5. The van der Waals surface area contributed by atoms with Crippen LogP contribution in [-0.2, 0) is 30.5 Å². The van der Waals surface area contributed by atoms with Gasteiger partial charge in [-0.05, 0) is 50.4 Å². The fourth-order valence-corrected chi connectivity index (χ4v) is 3.49. The maximum atomic E-state index is 13.1. The van der Waals surface area contributed by atoms with Crippen LogP contribution in [0.2, 0.25) is 0 Å². The second kappa shape index (κ2) is 20.3. The summed E-state index contributed by atoms with van der Waals surface area (Å²) >= 11 is 0. The van der Waals surface area contributed by atoms with E-state index in [9.17, 15) is 19.2 Å². The number of ether oxygens (including phenoxy) is 1. The summed E-state index contributed by atoms with van der Waals surface area (Å²) in [5, 5.41) is 17.9. The lowest BCUT2D eigenvalue weighted by Crippen LogP contribution is -2.57. The van der Waals surface area contributed by atoms with E-state index in [0.29, 0.717) is 12.1 Å². The Hall–Kier alpha value is -4.65. The van der Waals surface area contributed by atoms with Crippen molar-refractivity contribution in [1.82, 2.24) is 26.7 Å². The molecule has 0 radical (unpaired) electrons. The third-order valence-corrected chi connectivity index (χ3v) is 5.96. The molecule has 7 N–H and O–H groups in total. The number of hydrogen-bond acceptors (Lipinski definition) is 8. The second-order valence-electron chi connectivity index (χ2n) is 9.52. The first-order chi connectivity index (χ1) is 20.1. The smallest absolute Gasteiger partial charge is 0.407 e. The monoisotopic (exact) mass is 586 g/mol. The van der Waals surface area contributed by atoms with Crippen molar-refractivity contribution in [2.75, 3.05) is 19.0 Å². The third kappa shape index (κ3) is 14.1. The van der Waals surface area contributed by atoms with Crippen molar-refractivity contribution < 1.29 is 33.8 Å². The van der Waals surface area contributed by atoms with Gasteiger partial charge in [0.2, 0.25) is 11.8 Å². The van der Waals surface area contributed by atoms with Gasteiger partial charge in [0.15, 0.2) is 0 Å². The molecule has 2 aromatic rings. The van der Waals surface area contributed by atoms with Crippen LogP contribution >= 0.6 is 0 Å². The maximum absolute atomic E-state index is 13.1. The largest absolute Gasteiger partial charge is 0.483 e. The van der Waals surface area contributed by atoms with E-state index >= 15 is 0 Å². The number of benzene rings is 2. The molecule has 0 saturated carbocycles. The Morgan fingerprint density at radius 3 is 2.05 bits per heavy atom. The number of carbonyl (C=O) groups excluding carboxylic acids is 4. The molecule has 2 aromatic carbocycles. The lowest BCUT2D eigenvalue weighted by atomic mass is 10.0. The minimum absolute atomic E-state index is 0.146. The van der Waals surface area contributed by atoms with Gasteiger partial charge in [0.25, 0.3) is 12.4 Å². The quantitative estimate of drug-likeness (QED) is 0.0927. The summed E-state index contributed by atoms with van der Waals surface area (Å²) < 4.78 is 5.20. The van der Waals surface area contributed by atoms with E-state index in [2.05, 4.69) is 32.1 Å². The Morgan fingerprint density at radius 1 is 0.881 bits per heavy atom. The fourth-order valence-electron chi connectivity index (χ4n) is 3.49. The number of hydrazine groups is 1. The highest BCUT2D eigenvalue weighted by atomic mass is 16.5. The molecule has 0 heterocycles. The Kier molecular flexibility index (Phi) is 17.1. The molecule has 13 heteroatoms. The van der Waals surface area contributed by atoms with Crippen molar-refractivity contribution in [3.05, 3.63) is 66.2 Å². The number of alkyl carbamates (subject to hydrolysis) is 1. The molecule has 0 aliphatic heterocycles. The van der Waals surface area contributed by atoms with Gasteiger partial charge in [-0.2, -0.15) is 0 Å². The van der Waals surface area contributed by atoms with Gasteiger partial charge in [-0.3, -0.25) is 30.0 Å². The molecule has 13 nitrogen and oxygen atoms in total. The predicted molar refractivity (Wildman–Crippen MR) is 158 cm³/mol. The number of carbonyl (C=O) groups is 5. The van der Waals surface area contributed by atoms with E-state index in [1.165, 1.54) is 0 Å². The highest BCUT2D eigenvalue weighted by Gasteiger charge is 2.29. The van der Waals surface area contributed by atoms with Gasteiger partial charge in [-0.25, -0.2) is 4.79 Å². The van der Waals surface area contributed by atoms with Crippen molar-refractivity contribution in [2.45, 2.75) is 58.3 Å². The topological polar surface area (TPSA) is 187 Å². The van der Waals surface area contributed by atoms with Crippen LogP contribution in [0.15, 0.2) is 60.7 Å². The van der Waals surface area contributed by atoms with Crippen LogP contribution in [0.25, 0.3) is 0 Å². The molecule has 0 spiro atoms. The van der Waals surface area contributed by atoms with E-state index in [-0.39, 0.29) is 37.9 Å². The number of likely N-dealkylation sites (N-methyl/N-ethyl adjacent to an activating group) is 1. The Bertz CT molecular complexity index is 1100. The number of hydrogen-bond donors (Lipinski definition) is 7. The number of para-hydroxylation sites is 1. The Morgan fingerprint density at radius 2 is 1.48 bits per heavy atom. The fraction of sp³-hybridized carbons (Fsp3) is 0.414. The summed E-state index contributed by atoms with van der Waals surface area (Å²) in [6, 6.07) is 16.1. The molecule has 0 aliphatic rings. The SMILES string of the molecule is CN[C@@H](C)C(=O)N[C@H](C(=O)N[C@@H](CCCNC(=O)OCc1ccccc1)C(=O)NNc1ccccc1)C(C)C.O=CO. The molecule has 0 bridgehead atoms. The van der Waals surface area contributed by atoms with E-state index in [4.69, 9.17) is 14.6 Å². The van der Waals surface area contributed by atoms with E-state index in [1.54, 1.807) is 26.1 Å². The van der Waals surface area contributed by atoms with Crippen molar-refractivity contribution in [3.8, 4) is 0 Å². The van der Waals surface area contributed by atoms with Gasteiger partial charge < -0.3 is 31.1 Å². The number of carboxylic acid groups (broad SMARTS) is 1. The third-order valence-electron chi connectivity index (χ3n) is 5.96. The molecule has 0 aliphatic carbocycles. The van der Waals surface area contributed by atoms with Gasteiger partial charge in [-0.15, -0.1) is 0 Å². The zero-order valence-electron chi connectivity index (χ0n) is 24.4. The molecular formula is C29H42N6O7. The minimum atomic E-state index is -0.921. The van der Waals surface area contributed by atoms with Crippen LogP contribution in [0.4, 0.5) is 10.5 Å². The van der Waals surface area contributed by atoms with Crippen LogP contribution in [0.3, 0.4) is 0 Å². The molecule has 0 aromatic heterocycles. The van der Waals surface area contributed by atoms with Crippen LogP contribution in [0.1, 0.15) is 39.2 Å². The normalized spacial score (nSPS) is 12.3. The van der Waals surface area contributed by atoms with Gasteiger partial charge in [0.1, 0.15) is 18.7 Å². The van der Waals surface area contributed by atoms with Crippen LogP contribution in [0, 0.1) is 5.92 Å². The maximum Gasteiger partial charge on any atom is 0.407 e. The first-order valence-corrected chi connectivity index (χ1v) is 13.5. The Balaban J connectivity index is 0.00000281. The van der Waals surface area contributed by atoms with E-state index in [1.807, 2.05) is 62.4 Å². The standard InChI is InChI=1S/C28H40N6O5.CH2O2/c1-19(2)24(32-25(35)20(3)29-4)27(37)31-23(26(36)34-33-22-14-9-6-10-15-22)16-11-17-30-28(38)39-18-21-12-7-5-8-13-21;2-1-3/h5-10,12-15,19-20,23-24,29,33H,11,16-18H2,1-4H3,(H,30,38)(H,31,37)(H,32,35)(H,34,36);1H,(H,2,3)/t20-,23-,24-;/m0./s1. The summed E-state index contributed by atoms with van der Waals surface area (Å²) in [6.07, 6.45) is 0.0501. The van der Waals surface area contributed by atoms with Crippen molar-refractivity contribution in [2.24, 2.45) is 5.92 Å². The lowest BCUT2D eigenvalue weighted by Gasteiger charge is -2.26. The summed E-state index contributed by atoms with van der Waals surface area (Å²) in [4.78, 5) is 59.0. The molecule has 42 heavy (non-hydrogen) atoms. The summed E-state index contributed by atoms with van der Waals surface area (Å²) in [6.45, 7) is 5.45. The average molecular weight is 587 g/mol. The van der Waals surface area contributed by atoms with Gasteiger partial charge >= 0.3 is 6.09 Å². The highest BCUT2D eigenvalue weighted by molar-refractivity contribution is 5.93. The molecular weight excluding hydrogens is 544 g/mol. The van der Waals surface area contributed by atoms with Crippen LogP contribution < -0.4 is 32.1 Å². The number of nitrogens with one attached hydrogen (secondary N) is 6. The summed E-state index contributed by atoms with van der Waals surface area (Å²) in [7, 11) is 1.65.